The lowest BCUT2D eigenvalue weighted by Gasteiger charge is -2.21. The van der Waals surface area contributed by atoms with Crippen molar-refractivity contribution in [1.29, 1.82) is 0 Å². The molecule has 0 saturated carbocycles. The Morgan fingerprint density at radius 1 is 0.889 bits per heavy atom. The molecule has 188 valence electrons. The predicted octanol–water partition coefficient (Wildman–Crippen LogP) is 6.81. The summed E-state index contributed by atoms with van der Waals surface area (Å²) in [5.41, 5.74) is 3.30. The molecule has 1 N–H and O–H groups in total. The van der Waals surface area contributed by atoms with E-state index < -0.39 is 10.0 Å². The van der Waals surface area contributed by atoms with Gasteiger partial charge in [-0.2, -0.15) is 4.31 Å². The van der Waals surface area contributed by atoms with Gasteiger partial charge in [0.25, 0.3) is 5.91 Å². The minimum Gasteiger partial charge on any atom is -0.298 e. The number of hydrogen-bond donors (Lipinski definition) is 1. The van der Waals surface area contributed by atoms with Crippen LogP contribution in [0.3, 0.4) is 0 Å². The van der Waals surface area contributed by atoms with Gasteiger partial charge in [-0.3, -0.25) is 10.1 Å². The Hall–Kier alpha value is -3.07. The lowest BCUT2D eigenvalue weighted by atomic mass is 10.0. The number of nitrogens with zero attached hydrogens (tertiary/aromatic N) is 2. The summed E-state index contributed by atoms with van der Waals surface area (Å²) < 4.78 is 29.0. The minimum atomic E-state index is -3.60. The Labute approximate surface area is 217 Å². The number of carbonyl (C=O) groups excluding carboxylic acids is 1. The molecule has 1 amide bonds. The molecule has 0 atom stereocenters. The smallest absolute Gasteiger partial charge is 0.257 e. The summed E-state index contributed by atoms with van der Waals surface area (Å²) in [4.78, 5) is 17.6. The second kappa shape index (κ2) is 11.8. The van der Waals surface area contributed by atoms with E-state index in [9.17, 15) is 13.2 Å². The average molecular weight is 522 g/mol. The van der Waals surface area contributed by atoms with Gasteiger partial charge in [0.15, 0.2) is 5.13 Å². The molecule has 0 aliphatic carbocycles. The van der Waals surface area contributed by atoms with Gasteiger partial charge in [0.05, 0.1) is 15.1 Å². The molecule has 1 aromatic heterocycles. The van der Waals surface area contributed by atoms with Crippen molar-refractivity contribution in [1.82, 2.24) is 9.29 Å². The summed E-state index contributed by atoms with van der Waals surface area (Å²) in [5.74, 6) is -0.258. The predicted molar refractivity (Wildman–Crippen MR) is 148 cm³/mol. The maximum absolute atomic E-state index is 13.3. The molecule has 36 heavy (non-hydrogen) atoms. The van der Waals surface area contributed by atoms with Gasteiger partial charge in [0.1, 0.15) is 0 Å². The number of unbranched alkanes of at least 4 members (excludes halogenated alkanes) is 2. The number of fused-ring (bicyclic) bond motifs is 1. The van der Waals surface area contributed by atoms with E-state index in [0.29, 0.717) is 29.3 Å². The largest absolute Gasteiger partial charge is 0.298 e. The molecular weight excluding hydrogens is 490 g/mol. The standard InChI is InChI=1S/C28H31N3O3S2/c1-3-5-18-31(19-6-4-2)36(33,34)24-16-17-25-26(20-24)35-28(29-25)30-27(32)23-14-12-22(13-15-23)21-10-8-7-9-11-21/h7-17,20H,3-6,18-19H2,1-2H3,(H,29,30,32). The highest BCUT2D eigenvalue weighted by Gasteiger charge is 2.24. The molecule has 0 fully saturated rings. The maximum Gasteiger partial charge on any atom is 0.257 e. The fourth-order valence-electron chi connectivity index (χ4n) is 3.90. The second-order valence-electron chi connectivity index (χ2n) is 8.66. The Morgan fingerprint density at radius 3 is 2.17 bits per heavy atom. The van der Waals surface area contributed by atoms with E-state index in [-0.39, 0.29) is 10.8 Å². The first kappa shape index (κ1) is 26.0. The fourth-order valence-corrected chi connectivity index (χ4v) is 6.42. The van der Waals surface area contributed by atoms with Gasteiger partial charge in [0.2, 0.25) is 10.0 Å². The quantitative estimate of drug-likeness (QED) is 0.235. The van der Waals surface area contributed by atoms with Crippen molar-refractivity contribution in [3.8, 4) is 11.1 Å². The van der Waals surface area contributed by atoms with Gasteiger partial charge in [-0.15, -0.1) is 0 Å². The molecule has 1 heterocycles. The number of rotatable bonds is 11. The van der Waals surface area contributed by atoms with E-state index in [4.69, 9.17) is 0 Å². The average Bonchev–Trinajstić information content (AvgIpc) is 3.30. The molecule has 4 aromatic rings. The van der Waals surface area contributed by atoms with Crippen LogP contribution in [0.1, 0.15) is 49.9 Å². The van der Waals surface area contributed by atoms with Crippen molar-refractivity contribution in [2.75, 3.05) is 18.4 Å². The Morgan fingerprint density at radius 2 is 1.53 bits per heavy atom. The van der Waals surface area contributed by atoms with Gasteiger partial charge in [-0.25, -0.2) is 13.4 Å². The Balaban J connectivity index is 1.51. The molecule has 6 nitrogen and oxygen atoms in total. The number of amides is 1. The molecule has 0 aliphatic heterocycles. The van der Waals surface area contributed by atoms with E-state index >= 15 is 0 Å². The van der Waals surface area contributed by atoms with Crippen molar-refractivity contribution in [2.24, 2.45) is 0 Å². The minimum absolute atomic E-state index is 0.258. The zero-order valence-electron chi connectivity index (χ0n) is 20.6. The van der Waals surface area contributed by atoms with Crippen LogP contribution in [0, 0.1) is 0 Å². The van der Waals surface area contributed by atoms with Crippen LogP contribution >= 0.6 is 11.3 Å². The molecule has 0 unspecified atom stereocenters. The number of sulfonamides is 1. The summed E-state index contributed by atoms with van der Waals surface area (Å²) in [6.07, 6.45) is 3.52. The highest BCUT2D eigenvalue weighted by atomic mass is 32.2. The van der Waals surface area contributed by atoms with Crippen LogP contribution in [0.4, 0.5) is 5.13 Å². The number of hydrogen-bond acceptors (Lipinski definition) is 5. The van der Waals surface area contributed by atoms with Crippen LogP contribution < -0.4 is 5.32 Å². The summed E-state index contributed by atoms with van der Waals surface area (Å²) in [6, 6.07) is 22.4. The van der Waals surface area contributed by atoms with E-state index in [1.54, 1.807) is 34.6 Å². The molecule has 0 saturated heterocycles. The Bertz CT molecular complexity index is 1410. The Kier molecular flexibility index (Phi) is 8.51. The van der Waals surface area contributed by atoms with Crippen LogP contribution in [0.5, 0.6) is 0 Å². The first-order valence-electron chi connectivity index (χ1n) is 12.3. The molecule has 0 bridgehead atoms. The van der Waals surface area contributed by atoms with Gasteiger partial charge in [-0.05, 0) is 54.3 Å². The number of aromatic nitrogens is 1. The third-order valence-electron chi connectivity index (χ3n) is 5.99. The van der Waals surface area contributed by atoms with Crippen LogP contribution in [0.15, 0.2) is 77.7 Å². The van der Waals surface area contributed by atoms with Crippen molar-refractivity contribution in [3.63, 3.8) is 0 Å². The van der Waals surface area contributed by atoms with Crippen molar-refractivity contribution in [2.45, 2.75) is 44.4 Å². The molecule has 8 heteroatoms. The highest BCUT2D eigenvalue weighted by Crippen LogP contribution is 2.30. The van der Waals surface area contributed by atoms with Gasteiger partial charge in [-0.1, -0.05) is 80.5 Å². The third-order valence-corrected chi connectivity index (χ3v) is 8.82. The van der Waals surface area contributed by atoms with E-state index in [2.05, 4.69) is 24.1 Å². The normalized spacial score (nSPS) is 11.8. The topological polar surface area (TPSA) is 79.4 Å². The van der Waals surface area contributed by atoms with Crippen LogP contribution in [-0.4, -0.2) is 36.7 Å². The van der Waals surface area contributed by atoms with Crippen molar-refractivity contribution < 1.29 is 13.2 Å². The number of thiazole rings is 1. The molecule has 4 rings (SSSR count). The summed E-state index contributed by atoms with van der Waals surface area (Å²) >= 11 is 1.27. The van der Waals surface area contributed by atoms with Crippen LogP contribution in [-0.2, 0) is 10.0 Å². The first-order valence-corrected chi connectivity index (χ1v) is 14.6. The van der Waals surface area contributed by atoms with Crippen LogP contribution in [0.2, 0.25) is 0 Å². The fraction of sp³-hybridized carbons (Fsp3) is 0.286. The van der Waals surface area contributed by atoms with E-state index in [1.165, 1.54) is 11.3 Å². The molecular formula is C28H31N3O3S2. The van der Waals surface area contributed by atoms with Gasteiger partial charge >= 0.3 is 0 Å². The van der Waals surface area contributed by atoms with Crippen molar-refractivity contribution >= 4 is 42.6 Å². The van der Waals surface area contributed by atoms with E-state index in [1.807, 2.05) is 42.5 Å². The van der Waals surface area contributed by atoms with Crippen molar-refractivity contribution in [3.05, 3.63) is 78.4 Å². The zero-order valence-corrected chi connectivity index (χ0v) is 22.2. The lowest BCUT2D eigenvalue weighted by molar-refractivity contribution is 0.102. The zero-order chi connectivity index (χ0) is 25.5. The lowest BCUT2D eigenvalue weighted by Crippen LogP contribution is -2.33. The third kappa shape index (κ3) is 6.00. The molecule has 0 radical (unpaired) electrons. The number of carbonyl (C=O) groups is 1. The summed E-state index contributed by atoms with van der Waals surface area (Å²) in [7, 11) is -3.60. The van der Waals surface area contributed by atoms with Gasteiger partial charge in [0, 0.05) is 18.7 Å². The maximum atomic E-state index is 13.3. The SMILES string of the molecule is CCCCN(CCCC)S(=O)(=O)c1ccc2nc(NC(=O)c3ccc(-c4ccccc4)cc3)sc2c1. The molecule has 3 aromatic carbocycles. The number of benzene rings is 3. The van der Waals surface area contributed by atoms with Gasteiger partial charge < -0.3 is 0 Å². The first-order chi connectivity index (χ1) is 17.4. The number of anilines is 1. The number of nitrogens with one attached hydrogen (secondary N) is 1. The monoisotopic (exact) mass is 521 g/mol. The summed E-state index contributed by atoms with van der Waals surface area (Å²) in [6.45, 7) is 5.15. The van der Waals surface area contributed by atoms with E-state index in [0.717, 1.165) is 41.5 Å². The second-order valence-corrected chi connectivity index (χ2v) is 11.6. The summed E-state index contributed by atoms with van der Waals surface area (Å²) in [5, 5.41) is 3.29. The molecule has 0 aliphatic rings. The van der Waals surface area contributed by atoms with Crippen LogP contribution in [0.25, 0.3) is 21.3 Å². The molecule has 0 spiro atoms. The highest BCUT2D eigenvalue weighted by molar-refractivity contribution is 7.89.